The molecule has 228 valence electrons. The maximum Gasteiger partial charge on any atom is 0.326 e. The van der Waals surface area contributed by atoms with E-state index in [1.807, 2.05) is 0 Å². The summed E-state index contributed by atoms with van der Waals surface area (Å²) >= 11 is 0. The van der Waals surface area contributed by atoms with Crippen molar-refractivity contribution in [3.05, 3.63) is 29.8 Å². The number of unbranched alkanes of at least 4 members (excludes halogenated alkanes) is 1. The van der Waals surface area contributed by atoms with Crippen molar-refractivity contribution in [2.45, 2.75) is 82.6 Å². The first-order valence-electron chi connectivity index (χ1n) is 13.1. The van der Waals surface area contributed by atoms with E-state index in [1.54, 1.807) is 0 Å². The molecule has 0 bridgehead atoms. The van der Waals surface area contributed by atoms with Crippen molar-refractivity contribution in [1.29, 1.82) is 0 Å². The molecule has 0 heterocycles. The zero-order valence-electron chi connectivity index (χ0n) is 23.1. The second kappa shape index (κ2) is 17.5. The number of nitrogens with one attached hydrogen (secondary N) is 4. The number of benzene rings is 1. The van der Waals surface area contributed by atoms with Crippen molar-refractivity contribution >= 4 is 35.6 Å². The summed E-state index contributed by atoms with van der Waals surface area (Å²) in [6.07, 6.45) is 0.401. The highest BCUT2D eigenvalue weighted by Gasteiger charge is 2.30. The highest BCUT2D eigenvalue weighted by Crippen LogP contribution is 2.12. The number of carbonyl (C=O) groups is 6. The Kier molecular flexibility index (Phi) is 14.8. The summed E-state index contributed by atoms with van der Waals surface area (Å²) < 4.78 is 0. The Hall–Kier alpha value is -4.24. The molecule has 0 aliphatic heterocycles. The van der Waals surface area contributed by atoms with Gasteiger partial charge in [0.2, 0.25) is 23.6 Å². The van der Waals surface area contributed by atoms with Gasteiger partial charge in [0.1, 0.15) is 29.9 Å². The normalized spacial score (nSPS) is 14.4. The molecule has 0 saturated heterocycles. The lowest BCUT2D eigenvalue weighted by molar-refractivity contribution is -0.143. The van der Waals surface area contributed by atoms with Gasteiger partial charge in [0.05, 0.1) is 6.04 Å². The lowest BCUT2D eigenvalue weighted by Crippen LogP contribution is -2.58. The molecule has 0 unspecified atom stereocenters. The summed E-state index contributed by atoms with van der Waals surface area (Å²) in [6.45, 7) is 3.12. The van der Waals surface area contributed by atoms with Crippen LogP contribution in [0.25, 0.3) is 0 Å². The summed E-state index contributed by atoms with van der Waals surface area (Å²) in [6, 6.07) is -0.0493. The molecular formula is C26H40N6O9. The van der Waals surface area contributed by atoms with Crippen LogP contribution < -0.4 is 32.7 Å². The third kappa shape index (κ3) is 13.1. The molecule has 0 saturated carbocycles. The van der Waals surface area contributed by atoms with E-state index in [-0.39, 0.29) is 25.0 Å². The molecule has 15 nitrogen and oxygen atoms in total. The lowest BCUT2D eigenvalue weighted by Gasteiger charge is -2.25. The minimum Gasteiger partial charge on any atom is -0.508 e. The van der Waals surface area contributed by atoms with Crippen molar-refractivity contribution in [2.75, 3.05) is 6.54 Å². The van der Waals surface area contributed by atoms with Gasteiger partial charge < -0.3 is 48.1 Å². The predicted molar refractivity (Wildman–Crippen MR) is 146 cm³/mol. The van der Waals surface area contributed by atoms with Crippen molar-refractivity contribution in [1.82, 2.24) is 21.3 Å². The van der Waals surface area contributed by atoms with Gasteiger partial charge in [-0.3, -0.25) is 24.0 Å². The highest BCUT2D eigenvalue weighted by atomic mass is 16.4. The van der Waals surface area contributed by atoms with Crippen LogP contribution in [0.3, 0.4) is 0 Å². The van der Waals surface area contributed by atoms with Gasteiger partial charge in [-0.05, 0) is 63.8 Å². The molecule has 4 amide bonds. The van der Waals surface area contributed by atoms with Crippen LogP contribution >= 0.6 is 0 Å². The van der Waals surface area contributed by atoms with Crippen LogP contribution in [-0.2, 0) is 35.2 Å². The van der Waals surface area contributed by atoms with E-state index in [2.05, 4.69) is 21.3 Å². The number of aliphatic carboxylic acids is 2. The van der Waals surface area contributed by atoms with Crippen LogP contribution in [0.5, 0.6) is 5.75 Å². The lowest BCUT2D eigenvalue weighted by atomic mass is 10.0. The van der Waals surface area contributed by atoms with Gasteiger partial charge in [-0.1, -0.05) is 12.1 Å². The van der Waals surface area contributed by atoms with Gasteiger partial charge in [-0.2, -0.15) is 0 Å². The summed E-state index contributed by atoms with van der Waals surface area (Å²) in [5.74, 6) is -5.60. The maximum atomic E-state index is 13.2. The number of nitrogens with two attached hydrogens (primary N) is 2. The Morgan fingerprint density at radius 1 is 0.756 bits per heavy atom. The molecule has 0 aliphatic carbocycles. The molecule has 41 heavy (non-hydrogen) atoms. The summed E-state index contributed by atoms with van der Waals surface area (Å²) in [5, 5.41) is 37.5. The third-order valence-corrected chi connectivity index (χ3v) is 6.02. The molecule has 1 aromatic carbocycles. The molecule has 0 radical (unpaired) electrons. The number of carboxylic acid groups (broad SMARTS) is 2. The smallest absolute Gasteiger partial charge is 0.326 e. The standard InChI is InChI=1S/C26H40N6O9/c1-14(28)22(36)30-18(5-3-4-12-27)24(38)32-20(13-16-6-8-17(33)9-7-16)25(39)29-15(2)23(37)31-19(26(40)41)10-11-21(34)35/h6-9,14-15,18-20,33H,3-5,10-13,27-28H2,1-2H3,(H,29,39)(H,30,36)(H,31,37)(H,32,38)(H,34,35)(H,40,41)/t14-,15-,18-,19-,20-/m0/s1. The number of carbonyl (C=O) groups excluding carboxylic acids is 4. The van der Waals surface area contributed by atoms with Gasteiger partial charge in [0.15, 0.2) is 0 Å². The fourth-order valence-electron chi connectivity index (χ4n) is 3.62. The molecule has 1 aromatic rings. The molecule has 5 atom stereocenters. The van der Waals surface area contributed by atoms with Crippen molar-refractivity contribution < 1.29 is 44.1 Å². The third-order valence-electron chi connectivity index (χ3n) is 6.02. The quantitative estimate of drug-likeness (QED) is 0.0885. The Balaban J connectivity index is 3.09. The highest BCUT2D eigenvalue weighted by molar-refractivity contribution is 5.95. The average Bonchev–Trinajstić information content (AvgIpc) is 2.90. The topological polar surface area (TPSA) is 263 Å². The number of hydrogen-bond donors (Lipinski definition) is 9. The first-order valence-corrected chi connectivity index (χ1v) is 13.1. The fourth-order valence-corrected chi connectivity index (χ4v) is 3.62. The average molecular weight is 581 g/mol. The molecule has 1 rings (SSSR count). The Morgan fingerprint density at radius 2 is 1.32 bits per heavy atom. The van der Waals surface area contributed by atoms with E-state index in [1.165, 1.54) is 38.1 Å². The zero-order valence-corrected chi connectivity index (χ0v) is 23.1. The number of amides is 4. The van der Waals surface area contributed by atoms with E-state index in [9.17, 15) is 39.0 Å². The van der Waals surface area contributed by atoms with E-state index < -0.39 is 72.2 Å². The molecule has 15 heteroatoms. The Labute approximate surface area is 237 Å². The van der Waals surface area contributed by atoms with Gasteiger partial charge in [0, 0.05) is 12.8 Å². The number of rotatable bonds is 18. The number of phenols is 1. The summed E-state index contributed by atoms with van der Waals surface area (Å²) in [4.78, 5) is 73.5. The number of hydrogen-bond acceptors (Lipinski definition) is 9. The Bertz CT molecular complexity index is 1060. The number of carboxylic acids is 2. The van der Waals surface area contributed by atoms with E-state index >= 15 is 0 Å². The number of aromatic hydroxyl groups is 1. The van der Waals surface area contributed by atoms with Gasteiger partial charge in [-0.15, -0.1) is 0 Å². The molecule has 0 fully saturated rings. The van der Waals surface area contributed by atoms with Gasteiger partial charge in [0.25, 0.3) is 0 Å². The van der Waals surface area contributed by atoms with Crippen molar-refractivity contribution in [3.8, 4) is 5.75 Å². The summed E-state index contributed by atoms with van der Waals surface area (Å²) in [7, 11) is 0. The second-order valence-electron chi connectivity index (χ2n) is 9.63. The van der Waals surface area contributed by atoms with E-state index in [0.29, 0.717) is 24.9 Å². The molecule has 0 spiro atoms. The predicted octanol–water partition coefficient (Wildman–Crippen LogP) is -1.68. The van der Waals surface area contributed by atoms with Crippen LogP contribution in [0.2, 0.25) is 0 Å². The van der Waals surface area contributed by atoms with Crippen LogP contribution in [0.1, 0.15) is 51.5 Å². The van der Waals surface area contributed by atoms with Crippen LogP contribution in [0.4, 0.5) is 0 Å². The maximum absolute atomic E-state index is 13.2. The molecular weight excluding hydrogens is 540 g/mol. The molecule has 0 aromatic heterocycles. The minimum atomic E-state index is -1.49. The monoisotopic (exact) mass is 580 g/mol. The largest absolute Gasteiger partial charge is 0.508 e. The Morgan fingerprint density at radius 3 is 1.85 bits per heavy atom. The number of phenolic OH excluding ortho intramolecular Hbond substituents is 1. The van der Waals surface area contributed by atoms with Crippen molar-refractivity contribution in [3.63, 3.8) is 0 Å². The van der Waals surface area contributed by atoms with Gasteiger partial charge in [-0.25, -0.2) is 4.79 Å². The van der Waals surface area contributed by atoms with Crippen molar-refractivity contribution in [2.24, 2.45) is 11.5 Å². The minimum absolute atomic E-state index is 0.0152. The zero-order chi connectivity index (χ0) is 31.1. The van der Waals surface area contributed by atoms with Crippen LogP contribution in [-0.4, -0.2) is 87.6 Å². The summed E-state index contributed by atoms with van der Waals surface area (Å²) in [5.41, 5.74) is 11.7. The molecule has 11 N–H and O–H groups in total. The second-order valence-corrected chi connectivity index (χ2v) is 9.63. The van der Waals surface area contributed by atoms with Gasteiger partial charge >= 0.3 is 11.9 Å². The van der Waals surface area contributed by atoms with E-state index in [0.717, 1.165) is 0 Å². The fraction of sp³-hybridized carbons (Fsp3) is 0.538. The first-order chi connectivity index (χ1) is 19.2. The van der Waals surface area contributed by atoms with Crippen LogP contribution in [0, 0.1) is 0 Å². The van der Waals surface area contributed by atoms with Crippen LogP contribution in [0.15, 0.2) is 24.3 Å². The first kappa shape index (κ1) is 34.8. The molecule has 0 aliphatic rings. The SMILES string of the molecule is C[C@H](N)C(=O)N[C@@H](CCCCN)C(=O)N[C@@H](Cc1ccc(O)cc1)C(=O)N[C@@H](C)C(=O)N[C@@H](CCC(=O)O)C(=O)O. The van der Waals surface area contributed by atoms with E-state index in [4.69, 9.17) is 16.6 Å².